The van der Waals surface area contributed by atoms with Crippen LogP contribution >= 0.6 is 15.9 Å². The first-order valence-electron chi connectivity index (χ1n) is 7.43. The van der Waals surface area contributed by atoms with Gasteiger partial charge in [0.05, 0.1) is 18.8 Å². The Bertz CT molecular complexity index is 697. The van der Waals surface area contributed by atoms with Gasteiger partial charge in [-0.3, -0.25) is 4.79 Å². The quantitative estimate of drug-likeness (QED) is 0.859. The highest BCUT2D eigenvalue weighted by Gasteiger charge is 2.38. The van der Waals surface area contributed by atoms with Crippen LogP contribution in [-0.2, 0) is 4.74 Å². The van der Waals surface area contributed by atoms with Crippen molar-refractivity contribution in [2.24, 2.45) is 0 Å². The first kappa shape index (κ1) is 13.3. The minimum absolute atomic E-state index is 0.0996. The molecule has 1 saturated heterocycles. The first-order valence-corrected chi connectivity index (χ1v) is 8.22. The lowest BCUT2D eigenvalue weighted by atomic mass is 10.1. The number of fused-ring (bicyclic) bond motifs is 2. The average Bonchev–Trinajstić information content (AvgIpc) is 3.11. The van der Waals surface area contributed by atoms with Gasteiger partial charge in [-0.25, -0.2) is 0 Å². The lowest BCUT2D eigenvalue weighted by molar-refractivity contribution is -0.0446. The molecule has 1 aliphatic heterocycles. The summed E-state index contributed by atoms with van der Waals surface area (Å²) in [7, 11) is 0. The molecular weight excluding hydrogens is 332 g/mol. The zero-order valence-electron chi connectivity index (χ0n) is 11.6. The van der Waals surface area contributed by atoms with E-state index in [0.717, 1.165) is 34.6 Å². The molecule has 0 radical (unpaired) electrons. The number of aromatic nitrogens is 1. The van der Waals surface area contributed by atoms with E-state index >= 15 is 0 Å². The van der Waals surface area contributed by atoms with E-state index in [2.05, 4.69) is 20.9 Å². The Morgan fingerprint density at radius 3 is 3.14 bits per heavy atom. The van der Waals surface area contributed by atoms with Crippen molar-refractivity contribution in [2.45, 2.75) is 31.4 Å². The molecule has 21 heavy (non-hydrogen) atoms. The average molecular weight is 349 g/mol. The third kappa shape index (κ3) is 2.28. The van der Waals surface area contributed by atoms with Gasteiger partial charge in [0.1, 0.15) is 5.69 Å². The van der Waals surface area contributed by atoms with E-state index in [1.807, 2.05) is 29.2 Å². The summed E-state index contributed by atoms with van der Waals surface area (Å²) in [5.74, 6) is 0.0996. The molecule has 2 aromatic rings. The van der Waals surface area contributed by atoms with Gasteiger partial charge in [-0.1, -0.05) is 22.0 Å². The molecule has 4 rings (SSSR count). The molecule has 1 saturated carbocycles. The van der Waals surface area contributed by atoms with Gasteiger partial charge in [0.25, 0.3) is 5.91 Å². The maximum atomic E-state index is 12.8. The van der Waals surface area contributed by atoms with Crippen LogP contribution in [0.15, 0.2) is 28.7 Å². The van der Waals surface area contributed by atoms with Crippen molar-refractivity contribution >= 4 is 32.7 Å². The standard InChI is InChI=1S/C16H17BrN2O2/c17-11-5-4-10-8-13(18-12(10)9-11)16(20)19-6-7-21-15-3-1-2-14(15)19/h4-5,8-9,14-15,18H,1-3,6-7H2/t14-,15+/m1/s1. The van der Waals surface area contributed by atoms with E-state index < -0.39 is 0 Å². The third-order valence-corrected chi connectivity index (χ3v) is 5.05. The summed E-state index contributed by atoms with van der Waals surface area (Å²) in [4.78, 5) is 18.1. The number of carbonyl (C=O) groups excluding carboxylic acids is 1. The number of benzene rings is 1. The molecule has 110 valence electrons. The van der Waals surface area contributed by atoms with Crippen LogP contribution in [0.3, 0.4) is 0 Å². The Morgan fingerprint density at radius 1 is 1.33 bits per heavy atom. The Hall–Kier alpha value is -1.33. The molecule has 0 spiro atoms. The number of ether oxygens (including phenoxy) is 1. The number of hydrogen-bond acceptors (Lipinski definition) is 2. The van der Waals surface area contributed by atoms with Crippen LogP contribution in [0.4, 0.5) is 0 Å². The van der Waals surface area contributed by atoms with Gasteiger partial charge in [0, 0.05) is 21.9 Å². The fourth-order valence-corrected chi connectivity index (χ4v) is 3.91. The van der Waals surface area contributed by atoms with Crippen molar-refractivity contribution < 1.29 is 9.53 Å². The minimum Gasteiger partial charge on any atom is -0.374 e. The molecule has 2 heterocycles. The molecule has 1 aromatic carbocycles. The second-order valence-corrected chi connectivity index (χ2v) is 6.74. The number of amides is 1. The predicted molar refractivity (Wildman–Crippen MR) is 84.4 cm³/mol. The van der Waals surface area contributed by atoms with E-state index in [1.54, 1.807) is 0 Å². The molecule has 2 fully saturated rings. The Kier molecular flexibility index (Phi) is 3.27. The molecule has 0 bridgehead atoms. The largest absolute Gasteiger partial charge is 0.374 e. The number of aromatic amines is 1. The molecule has 0 unspecified atom stereocenters. The van der Waals surface area contributed by atoms with Gasteiger partial charge in [-0.2, -0.15) is 0 Å². The van der Waals surface area contributed by atoms with Crippen molar-refractivity contribution in [1.82, 2.24) is 9.88 Å². The van der Waals surface area contributed by atoms with Gasteiger partial charge in [0.15, 0.2) is 0 Å². The number of H-pyrrole nitrogens is 1. The highest BCUT2D eigenvalue weighted by molar-refractivity contribution is 9.10. The molecule has 2 atom stereocenters. The summed E-state index contributed by atoms with van der Waals surface area (Å²) in [6.45, 7) is 1.34. The van der Waals surface area contributed by atoms with Crippen LogP contribution in [-0.4, -0.2) is 41.1 Å². The molecule has 1 aliphatic carbocycles. The maximum absolute atomic E-state index is 12.8. The number of rotatable bonds is 1. The van der Waals surface area contributed by atoms with Crippen molar-refractivity contribution in [3.05, 3.63) is 34.4 Å². The first-order chi connectivity index (χ1) is 10.2. The van der Waals surface area contributed by atoms with Crippen LogP contribution in [0, 0.1) is 0 Å². The summed E-state index contributed by atoms with van der Waals surface area (Å²) < 4.78 is 6.79. The minimum atomic E-state index is 0.0996. The van der Waals surface area contributed by atoms with Gasteiger partial charge in [0.2, 0.25) is 0 Å². The second-order valence-electron chi connectivity index (χ2n) is 5.82. The van der Waals surface area contributed by atoms with Crippen molar-refractivity contribution in [3.63, 3.8) is 0 Å². The predicted octanol–water partition coefficient (Wildman–Crippen LogP) is 3.32. The van der Waals surface area contributed by atoms with E-state index in [0.29, 0.717) is 18.8 Å². The van der Waals surface area contributed by atoms with Crippen LogP contribution in [0.25, 0.3) is 10.9 Å². The summed E-state index contributed by atoms with van der Waals surface area (Å²) in [6, 6.07) is 8.22. The highest BCUT2D eigenvalue weighted by Crippen LogP contribution is 2.31. The molecule has 5 heteroatoms. The van der Waals surface area contributed by atoms with E-state index in [-0.39, 0.29) is 18.1 Å². The smallest absolute Gasteiger partial charge is 0.270 e. The summed E-state index contributed by atoms with van der Waals surface area (Å²) in [6.07, 6.45) is 3.52. The van der Waals surface area contributed by atoms with Gasteiger partial charge in [-0.05, 0) is 37.5 Å². The normalized spacial score (nSPS) is 25.3. The molecule has 1 aromatic heterocycles. The third-order valence-electron chi connectivity index (χ3n) is 4.56. The number of morpholine rings is 1. The van der Waals surface area contributed by atoms with Crippen LogP contribution in [0.1, 0.15) is 29.8 Å². The number of nitrogens with one attached hydrogen (secondary N) is 1. The zero-order chi connectivity index (χ0) is 14.4. The number of nitrogens with zero attached hydrogens (tertiary/aromatic N) is 1. The lowest BCUT2D eigenvalue weighted by Gasteiger charge is -2.37. The fourth-order valence-electron chi connectivity index (χ4n) is 3.55. The van der Waals surface area contributed by atoms with E-state index in [9.17, 15) is 4.79 Å². The molecule has 1 N–H and O–H groups in total. The Balaban J connectivity index is 1.66. The van der Waals surface area contributed by atoms with Crippen LogP contribution < -0.4 is 0 Å². The van der Waals surface area contributed by atoms with E-state index in [4.69, 9.17) is 4.74 Å². The molecule has 1 amide bonds. The van der Waals surface area contributed by atoms with E-state index in [1.165, 1.54) is 0 Å². The summed E-state index contributed by atoms with van der Waals surface area (Å²) in [5, 5.41) is 1.07. The molecular formula is C16H17BrN2O2. The van der Waals surface area contributed by atoms with Gasteiger partial charge in [-0.15, -0.1) is 0 Å². The second kappa shape index (κ2) is 5.14. The Labute approximate surface area is 131 Å². The van der Waals surface area contributed by atoms with Crippen molar-refractivity contribution in [3.8, 4) is 0 Å². The van der Waals surface area contributed by atoms with Crippen molar-refractivity contribution in [1.29, 1.82) is 0 Å². The van der Waals surface area contributed by atoms with Crippen LogP contribution in [0.2, 0.25) is 0 Å². The maximum Gasteiger partial charge on any atom is 0.270 e. The molecule has 4 nitrogen and oxygen atoms in total. The highest BCUT2D eigenvalue weighted by atomic mass is 79.9. The molecule has 2 aliphatic rings. The SMILES string of the molecule is O=C(c1cc2ccc(Br)cc2[nH]1)N1CCO[C@H]2CCC[C@H]21. The number of halogens is 1. The zero-order valence-corrected chi connectivity index (χ0v) is 13.2. The Morgan fingerprint density at radius 2 is 2.24 bits per heavy atom. The summed E-state index contributed by atoms with van der Waals surface area (Å²) in [5.41, 5.74) is 1.67. The van der Waals surface area contributed by atoms with Crippen molar-refractivity contribution in [2.75, 3.05) is 13.2 Å². The topological polar surface area (TPSA) is 45.3 Å². The lowest BCUT2D eigenvalue weighted by Crippen LogP contribution is -2.51. The number of hydrogen-bond donors (Lipinski definition) is 1. The monoisotopic (exact) mass is 348 g/mol. The van der Waals surface area contributed by atoms with Crippen LogP contribution in [0.5, 0.6) is 0 Å². The number of carbonyl (C=O) groups is 1. The van der Waals surface area contributed by atoms with Gasteiger partial charge < -0.3 is 14.6 Å². The summed E-state index contributed by atoms with van der Waals surface area (Å²) >= 11 is 3.46. The van der Waals surface area contributed by atoms with Gasteiger partial charge >= 0.3 is 0 Å². The fraction of sp³-hybridized carbons (Fsp3) is 0.438.